The number of primary sulfonamides is 1. The summed E-state index contributed by atoms with van der Waals surface area (Å²) >= 11 is 6.18. The molecule has 1 heterocycles. The summed E-state index contributed by atoms with van der Waals surface area (Å²) in [4.78, 5) is 11.3. The third kappa shape index (κ3) is 3.32. The van der Waals surface area contributed by atoms with Crippen molar-refractivity contribution < 1.29 is 22.7 Å². The lowest BCUT2D eigenvalue weighted by atomic mass is 10.1. The topological polar surface area (TPSA) is 115 Å². The van der Waals surface area contributed by atoms with Gasteiger partial charge in [-0.2, -0.15) is 5.10 Å². The van der Waals surface area contributed by atoms with E-state index in [4.69, 9.17) is 16.7 Å². The second-order valence-electron chi connectivity index (χ2n) is 5.27. The van der Waals surface area contributed by atoms with Crippen molar-refractivity contribution in [2.24, 2.45) is 5.14 Å². The molecule has 134 valence electrons. The van der Waals surface area contributed by atoms with Gasteiger partial charge in [-0.15, -0.1) is 0 Å². The number of rotatable bonds is 4. The van der Waals surface area contributed by atoms with Gasteiger partial charge in [0.25, 0.3) is 0 Å². The van der Waals surface area contributed by atoms with Crippen molar-refractivity contribution in [1.82, 2.24) is 9.78 Å². The van der Waals surface area contributed by atoms with Crippen LogP contribution >= 0.6 is 11.6 Å². The molecule has 3 N–H and O–H groups in total. The zero-order valence-electron chi connectivity index (χ0n) is 12.9. The number of aromatic nitrogens is 2. The number of carboxylic acids is 1. The summed E-state index contributed by atoms with van der Waals surface area (Å²) in [5, 5.41) is 18.2. The van der Waals surface area contributed by atoms with Crippen LogP contribution in [0.15, 0.2) is 53.4 Å². The largest absolute Gasteiger partial charge is 0.476 e. The molecule has 0 spiro atoms. The SMILES string of the molecule is NS(=O)(=O)c1ccc(-n2nc(C(=O)O)c(Cl)c2-c2ccc(F)cc2)cc1. The molecule has 0 unspecified atom stereocenters. The van der Waals surface area contributed by atoms with Crippen molar-refractivity contribution in [3.63, 3.8) is 0 Å². The lowest BCUT2D eigenvalue weighted by molar-refractivity contribution is 0.0690. The Bertz CT molecular complexity index is 1090. The van der Waals surface area contributed by atoms with Gasteiger partial charge >= 0.3 is 5.97 Å². The standard InChI is InChI=1S/C16H11ClFN3O4S/c17-13-14(16(22)23)20-21(15(13)9-1-3-10(18)4-2-9)11-5-7-12(8-6-11)26(19,24)25/h1-8H,(H,22,23)(H2,19,24,25). The second kappa shape index (κ2) is 6.52. The van der Waals surface area contributed by atoms with Crippen molar-refractivity contribution in [2.75, 3.05) is 0 Å². The van der Waals surface area contributed by atoms with Crippen molar-refractivity contribution in [1.29, 1.82) is 0 Å². The van der Waals surface area contributed by atoms with Crippen LogP contribution in [0.1, 0.15) is 10.5 Å². The van der Waals surface area contributed by atoms with E-state index in [0.29, 0.717) is 11.3 Å². The predicted octanol–water partition coefficient (Wildman–Crippen LogP) is 2.68. The van der Waals surface area contributed by atoms with E-state index in [9.17, 15) is 22.7 Å². The number of nitrogens with two attached hydrogens (primary N) is 1. The highest BCUT2D eigenvalue weighted by molar-refractivity contribution is 7.89. The summed E-state index contributed by atoms with van der Waals surface area (Å²) in [6.07, 6.45) is 0. The summed E-state index contributed by atoms with van der Waals surface area (Å²) in [5.41, 5.74) is 0.631. The van der Waals surface area contributed by atoms with E-state index in [-0.39, 0.29) is 21.3 Å². The molecule has 0 amide bonds. The van der Waals surface area contributed by atoms with E-state index in [2.05, 4.69) is 5.10 Å². The van der Waals surface area contributed by atoms with Crippen LogP contribution in [-0.2, 0) is 10.0 Å². The van der Waals surface area contributed by atoms with E-state index < -0.39 is 21.8 Å². The van der Waals surface area contributed by atoms with Crippen LogP contribution in [0.5, 0.6) is 0 Å². The maximum Gasteiger partial charge on any atom is 0.358 e. The van der Waals surface area contributed by atoms with Crippen molar-refractivity contribution in [3.8, 4) is 16.9 Å². The molecule has 0 saturated heterocycles. The Morgan fingerprint density at radius 3 is 2.19 bits per heavy atom. The second-order valence-corrected chi connectivity index (χ2v) is 7.21. The average molecular weight is 396 g/mol. The molecule has 3 rings (SSSR count). The van der Waals surface area contributed by atoms with Crippen LogP contribution in [0, 0.1) is 5.82 Å². The lowest BCUT2D eigenvalue weighted by Gasteiger charge is -2.09. The summed E-state index contributed by atoms with van der Waals surface area (Å²) in [6, 6.07) is 10.6. The van der Waals surface area contributed by atoms with Crippen LogP contribution in [0.2, 0.25) is 5.02 Å². The number of benzene rings is 2. The van der Waals surface area contributed by atoms with E-state index in [0.717, 1.165) is 0 Å². The molecule has 26 heavy (non-hydrogen) atoms. The number of aromatic carboxylic acids is 1. The molecule has 1 aromatic heterocycles. The van der Waals surface area contributed by atoms with Gasteiger partial charge in [0.15, 0.2) is 5.69 Å². The zero-order chi connectivity index (χ0) is 19.1. The molecule has 0 aliphatic heterocycles. The molecular formula is C16H11ClFN3O4S. The molecule has 0 radical (unpaired) electrons. The Morgan fingerprint density at radius 1 is 1.12 bits per heavy atom. The highest BCUT2D eigenvalue weighted by Crippen LogP contribution is 2.33. The van der Waals surface area contributed by atoms with E-state index in [1.165, 1.54) is 53.2 Å². The molecular weight excluding hydrogens is 385 g/mol. The van der Waals surface area contributed by atoms with Gasteiger partial charge in [0.1, 0.15) is 10.8 Å². The van der Waals surface area contributed by atoms with Crippen LogP contribution in [0.4, 0.5) is 4.39 Å². The van der Waals surface area contributed by atoms with Gasteiger partial charge in [-0.05, 0) is 48.5 Å². The summed E-state index contributed by atoms with van der Waals surface area (Å²) < 4.78 is 37.2. The van der Waals surface area contributed by atoms with E-state index in [1.807, 2.05) is 0 Å². The molecule has 3 aromatic rings. The molecule has 7 nitrogen and oxygen atoms in total. The van der Waals surface area contributed by atoms with Gasteiger partial charge in [0.05, 0.1) is 16.3 Å². The van der Waals surface area contributed by atoms with Crippen molar-refractivity contribution in [2.45, 2.75) is 4.90 Å². The molecule has 0 atom stereocenters. The molecule has 0 saturated carbocycles. The molecule has 2 aromatic carbocycles. The van der Waals surface area contributed by atoms with Crippen molar-refractivity contribution in [3.05, 3.63) is 65.1 Å². The molecule has 0 aliphatic carbocycles. The van der Waals surface area contributed by atoms with Gasteiger partial charge in [0, 0.05) is 5.56 Å². The first kappa shape index (κ1) is 18.1. The number of sulfonamides is 1. The first-order valence-corrected chi connectivity index (χ1v) is 9.02. The third-order valence-corrected chi connectivity index (χ3v) is 4.84. The zero-order valence-corrected chi connectivity index (χ0v) is 14.5. The minimum atomic E-state index is -3.88. The van der Waals surface area contributed by atoms with Crippen LogP contribution in [0.3, 0.4) is 0 Å². The fourth-order valence-corrected chi connectivity index (χ4v) is 3.18. The first-order chi connectivity index (χ1) is 12.2. The van der Waals surface area contributed by atoms with Crippen LogP contribution < -0.4 is 5.14 Å². The quantitative estimate of drug-likeness (QED) is 0.704. The fourth-order valence-electron chi connectivity index (χ4n) is 2.36. The minimum Gasteiger partial charge on any atom is -0.476 e. The van der Waals surface area contributed by atoms with Crippen molar-refractivity contribution >= 4 is 27.6 Å². The Hall–Kier alpha value is -2.75. The molecule has 10 heteroatoms. The molecule has 0 bridgehead atoms. The predicted molar refractivity (Wildman–Crippen MR) is 92.3 cm³/mol. The number of carboxylic acid groups (broad SMARTS) is 1. The minimum absolute atomic E-state index is 0.110. The smallest absolute Gasteiger partial charge is 0.358 e. The molecule has 0 aliphatic rings. The monoisotopic (exact) mass is 395 g/mol. The Labute approximate surface area is 152 Å². The van der Waals surface area contributed by atoms with Gasteiger partial charge in [-0.3, -0.25) is 0 Å². The number of carbonyl (C=O) groups is 1. The Kier molecular flexibility index (Phi) is 4.53. The van der Waals surface area contributed by atoms with Gasteiger partial charge in [-0.25, -0.2) is 27.4 Å². The van der Waals surface area contributed by atoms with Gasteiger partial charge in [-0.1, -0.05) is 11.6 Å². The first-order valence-electron chi connectivity index (χ1n) is 7.09. The number of hydrogen-bond acceptors (Lipinski definition) is 4. The summed E-state index contributed by atoms with van der Waals surface area (Å²) in [5.74, 6) is -1.80. The number of nitrogens with zero attached hydrogens (tertiary/aromatic N) is 2. The normalized spacial score (nSPS) is 11.5. The van der Waals surface area contributed by atoms with E-state index >= 15 is 0 Å². The number of hydrogen-bond donors (Lipinski definition) is 2. The fraction of sp³-hybridized carbons (Fsp3) is 0. The average Bonchev–Trinajstić information content (AvgIpc) is 2.92. The maximum atomic E-state index is 13.2. The van der Waals surface area contributed by atoms with Gasteiger partial charge in [0.2, 0.25) is 10.0 Å². The maximum absolute atomic E-state index is 13.2. The molecule has 0 fully saturated rings. The van der Waals surface area contributed by atoms with Crippen LogP contribution in [0.25, 0.3) is 16.9 Å². The van der Waals surface area contributed by atoms with Gasteiger partial charge < -0.3 is 5.11 Å². The summed E-state index contributed by atoms with van der Waals surface area (Å²) in [6.45, 7) is 0. The summed E-state index contributed by atoms with van der Waals surface area (Å²) in [7, 11) is -3.88. The Balaban J connectivity index is 2.22. The Morgan fingerprint density at radius 2 is 1.69 bits per heavy atom. The third-order valence-electron chi connectivity index (χ3n) is 3.56. The highest BCUT2D eigenvalue weighted by Gasteiger charge is 2.23. The van der Waals surface area contributed by atoms with E-state index in [1.54, 1.807) is 0 Å². The number of halogens is 2. The van der Waals surface area contributed by atoms with Crippen LogP contribution in [-0.4, -0.2) is 29.3 Å². The highest BCUT2D eigenvalue weighted by atomic mass is 35.5. The lowest BCUT2D eigenvalue weighted by Crippen LogP contribution is -2.12.